The van der Waals surface area contributed by atoms with Gasteiger partial charge in [-0.1, -0.05) is 29.7 Å². The van der Waals surface area contributed by atoms with Crippen LogP contribution in [0, 0.1) is 0 Å². The zero-order chi connectivity index (χ0) is 9.97. The van der Waals surface area contributed by atoms with Crippen LogP contribution in [-0.4, -0.2) is 25.8 Å². The molecule has 0 bridgehead atoms. The molecule has 1 aliphatic heterocycles. The Morgan fingerprint density at radius 2 is 2.00 bits per heavy atom. The van der Waals surface area contributed by atoms with E-state index in [1.54, 1.807) is 0 Å². The largest absolute Gasteiger partial charge is 0.297 e. The topological polar surface area (TPSA) is 3.24 Å². The monoisotopic (exact) mass is 185 g/mol. The third kappa shape index (κ3) is 2.01. The van der Waals surface area contributed by atoms with Gasteiger partial charge in [0.25, 0.3) is 0 Å². The van der Waals surface area contributed by atoms with Gasteiger partial charge in [0, 0.05) is 6.04 Å². The van der Waals surface area contributed by atoms with Gasteiger partial charge in [0.15, 0.2) is 0 Å². The molecular weight excluding hydrogens is 169 g/mol. The van der Waals surface area contributed by atoms with Gasteiger partial charge in [-0.25, -0.2) is 0 Å². The molecule has 1 aromatic carbocycles. The Balaban J connectivity index is 2.13. The van der Waals surface area contributed by atoms with Crippen LogP contribution in [0.1, 0.15) is 31.4 Å². The minimum atomic E-state index is 0.515. The third-order valence-corrected chi connectivity index (χ3v) is 3.08. The Labute approximate surface area is 87.5 Å². The van der Waals surface area contributed by atoms with Crippen LogP contribution >= 0.6 is 0 Å². The first kappa shape index (κ1) is 9.79. The lowest BCUT2D eigenvalue weighted by Crippen LogP contribution is -2.24. The molecule has 1 aromatic rings. The predicted octanol–water partition coefficient (Wildman–Crippen LogP) is 1.64. The molecule has 1 saturated heterocycles. The highest BCUT2D eigenvalue weighted by Crippen LogP contribution is 2.23. The molecule has 0 spiro atoms. The fourth-order valence-corrected chi connectivity index (χ4v) is 2.16. The van der Waals surface area contributed by atoms with Crippen molar-refractivity contribution < 1.29 is 0 Å². The quantitative estimate of drug-likeness (QED) is 0.633. The van der Waals surface area contributed by atoms with Crippen molar-refractivity contribution in [3.05, 3.63) is 29.8 Å². The zero-order valence-corrected chi connectivity index (χ0v) is 8.74. The highest BCUT2D eigenvalue weighted by Gasteiger charge is 2.18. The molecule has 0 saturated carbocycles. The van der Waals surface area contributed by atoms with Crippen LogP contribution in [0.15, 0.2) is 24.3 Å². The minimum absolute atomic E-state index is 0.515. The molecule has 1 heterocycles. The van der Waals surface area contributed by atoms with E-state index in [1.165, 1.54) is 31.5 Å². The molecule has 1 atom stereocenters. The fraction of sp³-hybridized carbons (Fsp3) is 0.500. The smallest absolute Gasteiger partial charge is 0.113 e. The van der Waals surface area contributed by atoms with E-state index < -0.39 is 0 Å². The van der Waals surface area contributed by atoms with Crippen LogP contribution in [0.4, 0.5) is 0 Å². The summed E-state index contributed by atoms with van der Waals surface area (Å²) >= 11 is 0. The standard InChI is InChI=1S/C12H16BN/c1-10(14-7-2-3-8-14)11-5-4-6-12(13)9-11/h4-6,9-10H,2-3,7-8H2,1H3. The zero-order valence-electron chi connectivity index (χ0n) is 8.74. The molecule has 0 aromatic heterocycles. The van der Waals surface area contributed by atoms with E-state index in [9.17, 15) is 0 Å². The summed E-state index contributed by atoms with van der Waals surface area (Å²) in [6, 6.07) is 8.75. The van der Waals surface area contributed by atoms with Crippen LogP contribution in [0.3, 0.4) is 0 Å². The lowest BCUT2D eigenvalue weighted by Gasteiger charge is -2.24. The molecule has 14 heavy (non-hydrogen) atoms. The molecule has 1 aliphatic rings. The summed E-state index contributed by atoms with van der Waals surface area (Å²) in [5, 5.41) is 0. The summed E-state index contributed by atoms with van der Waals surface area (Å²) < 4.78 is 0. The lowest BCUT2D eigenvalue weighted by atomic mass is 9.92. The second kappa shape index (κ2) is 4.18. The molecule has 2 rings (SSSR count). The van der Waals surface area contributed by atoms with E-state index in [2.05, 4.69) is 24.0 Å². The van der Waals surface area contributed by atoms with Crippen LogP contribution in [0.5, 0.6) is 0 Å². The van der Waals surface area contributed by atoms with Crippen molar-refractivity contribution in [3.8, 4) is 0 Å². The minimum Gasteiger partial charge on any atom is -0.297 e. The number of hydrogen-bond donors (Lipinski definition) is 0. The summed E-state index contributed by atoms with van der Waals surface area (Å²) in [6.45, 7) is 4.73. The van der Waals surface area contributed by atoms with E-state index >= 15 is 0 Å². The summed E-state index contributed by atoms with van der Waals surface area (Å²) in [6.07, 6.45) is 2.68. The number of benzene rings is 1. The van der Waals surface area contributed by atoms with Gasteiger partial charge in [-0.05, 0) is 38.4 Å². The molecule has 0 aliphatic carbocycles. The maximum absolute atomic E-state index is 5.78. The van der Waals surface area contributed by atoms with Gasteiger partial charge in [0.2, 0.25) is 0 Å². The highest BCUT2D eigenvalue weighted by atomic mass is 15.2. The number of hydrogen-bond acceptors (Lipinski definition) is 1. The number of nitrogens with zero attached hydrogens (tertiary/aromatic N) is 1. The first-order chi connectivity index (χ1) is 6.77. The number of rotatable bonds is 2. The van der Waals surface area contributed by atoms with Gasteiger partial charge >= 0.3 is 0 Å². The van der Waals surface area contributed by atoms with Gasteiger partial charge < -0.3 is 0 Å². The van der Waals surface area contributed by atoms with E-state index in [0.717, 1.165) is 5.46 Å². The van der Waals surface area contributed by atoms with Gasteiger partial charge in [-0.2, -0.15) is 0 Å². The Hall–Kier alpha value is -0.755. The Bertz CT molecular complexity index is 305. The van der Waals surface area contributed by atoms with Crippen molar-refractivity contribution in [1.82, 2.24) is 4.90 Å². The Morgan fingerprint density at radius 3 is 2.64 bits per heavy atom. The third-order valence-electron chi connectivity index (χ3n) is 3.08. The van der Waals surface area contributed by atoms with E-state index in [-0.39, 0.29) is 0 Å². The maximum Gasteiger partial charge on any atom is 0.113 e. The maximum atomic E-state index is 5.78. The normalized spacial score (nSPS) is 19.8. The SMILES string of the molecule is [B]c1cccc(C(C)N2CCCC2)c1. The van der Waals surface area contributed by atoms with Crippen LogP contribution in [0.25, 0.3) is 0 Å². The van der Waals surface area contributed by atoms with Crippen molar-refractivity contribution in [2.75, 3.05) is 13.1 Å². The summed E-state index contributed by atoms with van der Waals surface area (Å²) in [7, 11) is 5.78. The van der Waals surface area contributed by atoms with Crippen molar-refractivity contribution in [2.24, 2.45) is 0 Å². The van der Waals surface area contributed by atoms with Gasteiger partial charge in [-0.15, -0.1) is 0 Å². The molecule has 2 radical (unpaired) electrons. The Morgan fingerprint density at radius 1 is 1.29 bits per heavy atom. The van der Waals surface area contributed by atoms with Crippen LogP contribution < -0.4 is 5.46 Å². The van der Waals surface area contributed by atoms with E-state index in [1.807, 2.05) is 12.1 Å². The van der Waals surface area contributed by atoms with E-state index in [0.29, 0.717) is 6.04 Å². The summed E-state index contributed by atoms with van der Waals surface area (Å²) in [5.41, 5.74) is 2.21. The summed E-state index contributed by atoms with van der Waals surface area (Å²) in [5.74, 6) is 0. The average Bonchev–Trinajstić information content (AvgIpc) is 2.69. The second-order valence-electron chi connectivity index (χ2n) is 4.09. The Kier molecular flexibility index (Phi) is 2.92. The average molecular weight is 185 g/mol. The van der Waals surface area contributed by atoms with Crippen molar-refractivity contribution in [2.45, 2.75) is 25.8 Å². The van der Waals surface area contributed by atoms with E-state index in [4.69, 9.17) is 7.85 Å². The molecule has 1 nitrogen and oxygen atoms in total. The van der Waals surface area contributed by atoms with Crippen molar-refractivity contribution >= 4 is 13.3 Å². The molecule has 1 unspecified atom stereocenters. The number of likely N-dealkylation sites (tertiary alicyclic amines) is 1. The van der Waals surface area contributed by atoms with Gasteiger partial charge in [0.05, 0.1) is 0 Å². The van der Waals surface area contributed by atoms with Crippen LogP contribution in [0.2, 0.25) is 0 Å². The fourth-order valence-electron chi connectivity index (χ4n) is 2.16. The first-order valence-electron chi connectivity index (χ1n) is 5.37. The lowest BCUT2D eigenvalue weighted by molar-refractivity contribution is 0.263. The van der Waals surface area contributed by atoms with Crippen LogP contribution in [-0.2, 0) is 0 Å². The predicted molar refractivity (Wildman–Crippen MR) is 61.1 cm³/mol. The van der Waals surface area contributed by atoms with Crippen molar-refractivity contribution in [3.63, 3.8) is 0 Å². The van der Waals surface area contributed by atoms with Crippen molar-refractivity contribution in [1.29, 1.82) is 0 Å². The molecule has 2 heteroatoms. The van der Waals surface area contributed by atoms with Gasteiger partial charge in [-0.3, -0.25) is 4.90 Å². The molecule has 1 fully saturated rings. The summed E-state index contributed by atoms with van der Waals surface area (Å²) in [4.78, 5) is 2.52. The molecule has 0 amide bonds. The molecular formula is C12H16BN. The van der Waals surface area contributed by atoms with Gasteiger partial charge in [0.1, 0.15) is 7.85 Å². The molecule has 0 N–H and O–H groups in total. The second-order valence-corrected chi connectivity index (χ2v) is 4.09. The highest BCUT2D eigenvalue weighted by molar-refractivity contribution is 6.32. The molecule has 72 valence electrons. The first-order valence-corrected chi connectivity index (χ1v) is 5.37.